The quantitative estimate of drug-likeness (QED) is 0.608. The second-order valence-corrected chi connectivity index (χ2v) is 6.56. The van der Waals surface area contributed by atoms with Crippen LogP contribution in [0.1, 0.15) is 44.1 Å². The van der Waals surface area contributed by atoms with Gasteiger partial charge in [-0.1, -0.05) is 6.08 Å². The van der Waals surface area contributed by atoms with Gasteiger partial charge in [-0.05, 0) is 36.2 Å². The predicted molar refractivity (Wildman–Crippen MR) is 85.9 cm³/mol. The smallest absolute Gasteiger partial charge is 0.358 e. The number of nitrogens with zero attached hydrogens (tertiary/aromatic N) is 4. The second kappa shape index (κ2) is 6.96. The van der Waals surface area contributed by atoms with E-state index in [1.54, 1.807) is 10.9 Å². The molecule has 6 nitrogen and oxygen atoms in total. The summed E-state index contributed by atoms with van der Waals surface area (Å²) in [7, 11) is 0. The number of rotatable bonds is 5. The van der Waals surface area contributed by atoms with Gasteiger partial charge in [-0.15, -0.1) is 0 Å². The monoisotopic (exact) mass is 340 g/mol. The fourth-order valence-corrected chi connectivity index (χ4v) is 3.32. The van der Waals surface area contributed by atoms with Crippen molar-refractivity contribution in [3.05, 3.63) is 28.0 Å². The summed E-state index contributed by atoms with van der Waals surface area (Å²) in [6.07, 6.45) is 7.49. The van der Waals surface area contributed by atoms with E-state index < -0.39 is 10.8 Å². The zero-order chi connectivity index (χ0) is 17.2. The molecule has 0 N–H and O–H groups in total. The number of alkyl halides is 2. The molecule has 1 aromatic heterocycles. The zero-order valence-corrected chi connectivity index (χ0v) is 13.6. The minimum Gasteiger partial charge on any atom is -0.358 e. The Morgan fingerprint density at radius 1 is 1.25 bits per heavy atom. The second-order valence-electron chi connectivity index (χ2n) is 6.56. The van der Waals surface area contributed by atoms with Crippen LogP contribution in [0.25, 0.3) is 5.57 Å². The van der Waals surface area contributed by atoms with Crippen molar-refractivity contribution in [3.63, 3.8) is 0 Å². The molecule has 0 radical (unpaired) electrons. The summed E-state index contributed by atoms with van der Waals surface area (Å²) in [5.74, 6) is -2.66. The number of piperidine rings is 1. The molecule has 0 aromatic carbocycles. The molecule has 0 bridgehead atoms. The highest BCUT2D eigenvalue weighted by molar-refractivity contribution is 5.71. The molecule has 0 atom stereocenters. The van der Waals surface area contributed by atoms with Crippen molar-refractivity contribution >= 4 is 11.4 Å². The van der Waals surface area contributed by atoms with Crippen LogP contribution in [0.4, 0.5) is 14.6 Å². The lowest BCUT2D eigenvalue weighted by Gasteiger charge is -2.31. The van der Waals surface area contributed by atoms with Crippen LogP contribution in [0, 0.1) is 10.1 Å². The van der Waals surface area contributed by atoms with Gasteiger partial charge in [0.25, 0.3) is 5.92 Å². The van der Waals surface area contributed by atoms with Crippen LogP contribution in [0.2, 0.25) is 0 Å². The van der Waals surface area contributed by atoms with Crippen molar-refractivity contribution in [2.75, 3.05) is 19.6 Å². The fourth-order valence-electron chi connectivity index (χ4n) is 3.32. The number of likely N-dealkylation sites (tertiary alicyclic amines) is 1. The summed E-state index contributed by atoms with van der Waals surface area (Å²) in [6.45, 7) is 1.76. The number of hydrogen-bond donors (Lipinski definition) is 0. The molecule has 0 amide bonds. The number of nitro groups is 1. The van der Waals surface area contributed by atoms with Gasteiger partial charge < -0.3 is 15.0 Å². The van der Waals surface area contributed by atoms with E-state index in [0.717, 1.165) is 31.3 Å². The molecule has 24 heavy (non-hydrogen) atoms. The Labute approximate surface area is 139 Å². The van der Waals surface area contributed by atoms with Crippen molar-refractivity contribution in [1.82, 2.24) is 14.7 Å². The zero-order valence-electron chi connectivity index (χ0n) is 13.6. The summed E-state index contributed by atoms with van der Waals surface area (Å²) in [5.41, 5.74) is 1.60. The molecule has 0 saturated carbocycles. The average Bonchev–Trinajstić information content (AvgIpc) is 2.99. The first kappa shape index (κ1) is 17.0. The van der Waals surface area contributed by atoms with Crippen LogP contribution >= 0.6 is 0 Å². The maximum absolute atomic E-state index is 13.2. The van der Waals surface area contributed by atoms with E-state index in [1.807, 2.05) is 4.90 Å². The normalized spacial score (nSPS) is 21.5. The van der Waals surface area contributed by atoms with Crippen LogP contribution in [0.5, 0.6) is 0 Å². The summed E-state index contributed by atoms with van der Waals surface area (Å²) in [4.78, 5) is 12.8. The molecule has 1 fully saturated rings. The Morgan fingerprint density at radius 3 is 2.62 bits per heavy atom. The molecule has 2 heterocycles. The molecule has 1 saturated heterocycles. The molecular formula is C16H22F2N4O2. The maximum atomic E-state index is 13.2. The Balaban J connectivity index is 1.66. The highest BCUT2D eigenvalue weighted by Gasteiger charge is 2.34. The van der Waals surface area contributed by atoms with Crippen LogP contribution in [0.15, 0.2) is 12.3 Å². The van der Waals surface area contributed by atoms with Crippen molar-refractivity contribution < 1.29 is 13.7 Å². The van der Waals surface area contributed by atoms with E-state index in [9.17, 15) is 18.9 Å². The Hall–Kier alpha value is -1.83. The number of allylic oxidation sites excluding steroid dienone is 2. The van der Waals surface area contributed by atoms with E-state index >= 15 is 0 Å². The third-order valence-corrected chi connectivity index (χ3v) is 4.78. The van der Waals surface area contributed by atoms with Gasteiger partial charge in [-0.3, -0.25) is 0 Å². The van der Waals surface area contributed by atoms with E-state index in [4.69, 9.17) is 0 Å². The third kappa shape index (κ3) is 3.98. The predicted octanol–water partition coefficient (Wildman–Crippen LogP) is 3.48. The summed E-state index contributed by atoms with van der Waals surface area (Å²) in [6, 6.07) is 0. The highest BCUT2D eigenvalue weighted by atomic mass is 19.3. The third-order valence-electron chi connectivity index (χ3n) is 4.78. The lowest BCUT2D eigenvalue weighted by Crippen LogP contribution is -2.40. The molecular weight excluding hydrogens is 318 g/mol. The van der Waals surface area contributed by atoms with Gasteiger partial charge in [0, 0.05) is 32.5 Å². The van der Waals surface area contributed by atoms with Crippen LogP contribution in [-0.2, 0) is 6.54 Å². The molecule has 2 aliphatic rings. The van der Waals surface area contributed by atoms with Gasteiger partial charge in [0.05, 0.1) is 23.4 Å². The minimum absolute atomic E-state index is 0.103. The van der Waals surface area contributed by atoms with Gasteiger partial charge >= 0.3 is 5.82 Å². The molecule has 0 unspecified atom stereocenters. The van der Waals surface area contributed by atoms with E-state index in [2.05, 4.69) is 11.2 Å². The number of hydrogen-bond acceptors (Lipinski definition) is 4. The van der Waals surface area contributed by atoms with Crippen LogP contribution in [-0.4, -0.2) is 45.2 Å². The summed E-state index contributed by atoms with van der Waals surface area (Å²) >= 11 is 0. The van der Waals surface area contributed by atoms with Crippen molar-refractivity contribution in [2.45, 2.75) is 51.0 Å². The van der Waals surface area contributed by atoms with E-state index in [-0.39, 0.29) is 18.7 Å². The molecule has 1 aliphatic heterocycles. The summed E-state index contributed by atoms with van der Waals surface area (Å²) < 4.78 is 27.9. The lowest BCUT2D eigenvalue weighted by atomic mass is 9.95. The maximum Gasteiger partial charge on any atom is 0.397 e. The van der Waals surface area contributed by atoms with Gasteiger partial charge in [0.2, 0.25) is 0 Å². The lowest BCUT2D eigenvalue weighted by molar-refractivity contribution is -0.390. The van der Waals surface area contributed by atoms with Gasteiger partial charge in [0.15, 0.2) is 0 Å². The molecule has 3 rings (SSSR count). The largest absolute Gasteiger partial charge is 0.397 e. The minimum atomic E-state index is -2.55. The first-order chi connectivity index (χ1) is 11.4. The van der Waals surface area contributed by atoms with Crippen molar-refractivity contribution in [3.8, 4) is 0 Å². The molecule has 1 aromatic rings. The fraction of sp³-hybridized carbons (Fsp3) is 0.688. The van der Waals surface area contributed by atoms with Gasteiger partial charge in [-0.25, -0.2) is 8.78 Å². The van der Waals surface area contributed by atoms with Crippen molar-refractivity contribution in [2.24, 2.45) is 0 Å². The summed E-state index contributed by atoms with van der Waals surface area (Å²) in [5, 5.41) is 15.4. The first-order valence-corrected chi connectivity index (χ1v) is 8.46. The van der Waals surface area contributed by atoms with Gasteiger partial charge in [-0.2, -0.15) is 4.68 Å². The average molecular weight is 340 g/mol. The van der Waals surface area contributed by atoms with Crippen LogP contribution < -0.4 is 0 Å². The number of halogens is 2. The highest BCUT2D eigenvalue weighted by Crippen LogP contribution is 2.32. The van der Waals surface area contributed by atoms with E-state index in [1.165, 1.54) is 0 Å². The molecule has 8 heteroatoms. The molecule has 0 spiro atoms. The molecule has 132 valence electrons. The van der Waals surface area contributed by atoms with Crippen LogP contribution in [0.3, 0.4) is 0 Å². The Bertz CT molecular complexity index is 632. The SMILES string of the molecule is O=[N+]([O-])c1nn(CCN2CCC(F)(F)CC2)cc1C1=CCCCC1. The standard InChI is InChI=1S/C16H22F2N4O2/c17-16(18)6-8-20(9-7-16)10-11-21-12-14(15(19-21)22(23)24)13-4-2-1-3-5-13/h4,12H,1-3,5-11H2. The Kier molecular flexibility index (Phi) is 4.93. The van der Waals surface area contributed by atoms with Gasteiger partial charge in [0.1, 0.15) is 0 Å². The molecule has 1 aliphatic carbocycles. The van der Waals surface area contributed by atoms with E-state index in [0.29, 0.717) is 31.7 Å². The number of aromatic nitrogens is 2. The Morgan fingerprint density at radius 2 is 2.00 bits per heavy atom. The van der Waals surface area contributed by atoms with Crippen molar-refractivity contribution in [1.29, 1.82) is 0 Å². The first-order valence-electron chi connectivity index (χ1n) is 8.46. The topological polar surface area (TPSA) is 64.2 Å².